The number of halogens is 1. The quantitative estimate of drug-likeness (QED) is 0.465. The fourth-order valence-electron chi connectivity index (χ4n) is 6.85. The highest BCUT2D eigenvalue weighted by Crippen LogP contribution is 2.81. The molecular formula is C26H24FN5O5. The third-order valence-corrected chi connectivity index (χ3v) is 8.50. The first kappa shape index (κ1) is 23.3. The van der Waals surface area contributed by atoms with E-state index in [9.17, 15) is 24.3 Å². The number of rotatable bonds is 7. The SMILES string of the molecule is CC(=O)c1nn(CC(=O)N2[C@H](C(=O)O)C[C@H]3C[C@@]32[C@@]2(C(N)=O)C[C@@]2(F)c2ccccc2)c2cnccc12. The summed E-state index contributed by atoms with van der Waals surface area (Å²) in [5, 5.41) is 14.8. The molecule has 0 spiro atoms. The number of alkyl halides is 1. The highest BCUT2D eigenvalue weighted by atomic mass is 19.1. The van der Waals surface area contributed by atoms with Gasteiger partial charge in [0.2, 0.25) is 11.8 Å². The van der Waals surface area contributed by atoms with Gasteiger partial charge in [0.1, 0.15) is 23.7 Å². The first-order chi connectivity index (χ1) is 17.6. The van der Waals surface area contributed by atoms with Gasteiger partial charge in [0.25, 0.3) is 0 Å². The van der Waals surface area contributed by atoms with E-state index in [0.29, 0.717) is 10.9 Å². The monoisotopic (exact) mass is 505 g/mol. The minimum absolute atomic E-state index is 0.0983. The number of Topliss-reactive ketones (excluding diaryl/α,β-unsaturated/α-hetero) is 1. The molecule has 2 aromatic heterocycles. The number of aliphatic carboxylic acids is 1. The molecule has 1 saturated heterocycles. The molecule has 37 heavy (non-hydrogen) atoms. The van der Waals surface area contributed by atoms with Crippen molar-refractivity contribution in [3.63, 3.8) is 0 Å². The molecule has 3 heterocycles. The van der Waals surface area contributed by atoms with Crippen molar-refractivity contribution in [2.24, 2.45) is 17.1 Å². The fraction of sp³-hybridized carbons (Fsp3) is 0.385. The number of aromatic nitrogens is 3. The van der Waals surface area contributed by atoms with Crippen molar-refractivity contribution in [1.82, 2.24) is 19.7 Å². The van der Waals surface area contributed by atoms with Gasteiger partial charge in [-0.1, -0.05) is 30.3 Å². The van der Waals surface area contributed by atoms with Crippen molar-refractivity contribution >= 4 is 34.5 Å². The van der Waals surface area contributed by atoms with E-state index in [2.05, 4.69) is 10.1 Å². The Morgan fingerprint density at radius 1 is 1.19 bits per heavy atom. The Balaban J connectivity index is 1.43. The van der Waals surface area contributed by atoms with Gasteiger partial charge in [-0.2, -0.15) is 5.10 Å². The lowest BCUT2D eigenvalue weighted by atomic mass is 9.84. The van der Waals surface area contributed by atoms with E-state index in [-0.39, 0.29) is 42.2 Å². The van der Waals surface area contributed by atoms with Gasteiger partial charge in [0, 0.05) is 24.9 Å². The summed E-state index contributed by atoms with van der Waals surface area (Å²) in [6, 6.07) is 8.55. The van der Waals surface area contributed by atoms with Crippen LogP contribution in [0.3, 0.4) is 0 Å². The van der Waals surface area contributed by atoms with Crippen LogP contribution in [0, 0.1) is 11.3 Å². The van der Waals surface area contributed by atoms with Gasteiger partial charge < -0.3 is 15.7 Å². The number of benzene rings is 1. The summed E-state index contributed by atoms with van der Waals surface area (Å²) in [6.45, 7) is 0.945. The standard InChI is InChI=1S/C26H24FN5O5/c1-14(33)21-17-7-8-29-11-19(17)31(30-21)12-20(34)32-18(22(35)36)9-16-10-26(16,32)24(23(28)37)13-25(24,27)15-5-3-2-4-6-15/h2-8,11,16,18H,9-10,12-13H2,1H3,(H2,28,37)(H,35,36)/t16-,18-,24+,25+,26-/m0/s1. The Hall–Kier alpha value is -4.15. The first-order valence-electron chi connectivity index (χ1n) is 12.0. The molecular weight excluding hydrogens is 481 g/mol. The number of carboxylic acid groups (broad SMARTS) is 1. The Labute approximate surface area is 210 Å². The number of carboxylic acids is 1. The number of amides is 2. The zero-order valence-electron chi connectivity index (χ0n) is 19.9. The second-order valence-corrected chi connectivity index (χ2v) is 10.2. The van der Waals surface area contributed by atoms with E-state index in [1.54, 1.807) is 36.4 Å². The number of carbonyl (C=O) groups excluding carboxylic acids is 3. The Morgan fingerprint density at radius 3 is 2.57 bits per heavy atom. The van der Waals surface area contributed by atoms with Crippen LogP contribution in [-0.2, 0) is 26.6 Å². The number of likely N-dealkylation sites (tertiary alicyclic amines) is 1. The number of ketones is 1. The molecule has 10 nitrogen and oxygen atoms in total. The summed E-state index contributed by atoms with van der Waals surface area (Å²) < 4.78 is 17.9. The Bertz CT molecular complexity index is 1510. The normalized spacial score (nSPS) is 31.7. The van der Waals surface area contributed by atoms with E-state index >= 15 is 4.39 Å². The number of nitrogens with zero attached hydrogens (tertiary/aromatic N) is 4. The molecule has 3 aromatic rings. The second-order valence-electron chi connectivity index (χ2n) is 10.2. The summed E-state index contributed by atoms with van der Waals surface area (Å²) in [5.74, 6) is -3.45. The summed E-state index contributed by atoms with van der Waals surface area (Å²) in [6.07, 6.45) is 3.12. The van der Waals surface area contributed by atoms with E-state index in [1.807, 2.05) is 0 Å². The van der Waals surface area contributed by atoms with Gasteiger partial charge >= 0.3 is 5.97 Å². The molecule has 3 fully saturated rings. The predicted molar refractivity (Wildman–Crippen MR) is 127 cm³/mol. The van der Waals surface area contributed by atoms with Crippen molar-refractivity contribution in [2.45, 2.75) is 50.0 Å². The molecule has 2 amide bonds. The highest BCUT2D eigenvalue weighted by molar-refractivity contribution is 6.05. The summed E-state index contributed by atoms with van der Waals surface area (Å²) >= 11 is 0. The van der Waals surface area contributed by atoms with Gasteiger partial charge in [-0.25, -0.2) is 9.18 Å². The molecule has 190 valence electrons. The van der Waals surface area contributed by atoms with Crippen molar-refractivity contribution in [3.05, 3.63) is 60.0 Å². The molecule has 0 bridgehead atoms. The molecule has 3 N–H and O–H groups in total. The predicted octanol–water partition coefficient (Wildman–Crippen LogP) is 1.82. The van der Waals surface area contributed by atoms with Crippen molar-refractivity contribution < 1.29 is 28.7 Å². The largest absolute Gasteiger partial charge is 0.480 e. The zero-order valence-corrected chi connectivity index (χ0v) is 19.9. The molecule has 2 aliphatic carbocycles. The number of carbonyl (C=O) groups is 4. The number of pyridine rings is 1. The zero-order chi connectivity index (χ0) is 26.3. The number of nitrogens with two attached hydrogens (primary N) is 1. The molecule has 1 aromatic carbocycles. The Morgan fingerprint density at radius 2 is 1.92 bits per heavy atom. The van der Waals surface area contributed by atoms with E-state index < -0.39 is 47.0 Å². The van der Waals surface area contributed by atoms with E-state index in [4.69, 9.17) is 5.73 Å². The van der Waals surface area contributed by atoms with Gasteiger partial charge in [-0.15, -0.1) is 0 Å². The van der Waals surface area contributed by atoms with E-state index in [1.165, 1.54) is 28.9 Å². The molecule has 0 radical (unpaired) electrons. The van der Waals surface area contributed by atoms with Crippen LogP contribution in [0.25, 0.3) is 10.9 Å². The molecule has 2 saturated carbocycles. The lowest BCUT2D eigenvalue weighted by Gasteiger charge is -2.38. The average molecular weight is 506 g/mol. The second kappa shape index (κ2) is 7.44. The van der Waals surface area contributed by atoms with E-state index in [0.717, 1.165) is 0 Å². The molecule has 6 rings (SSSR count). The maximum atomic E-state index is 16.6. The maximum absolute atomic E-state index is 16.6. The minimum Gasteiger partial charge on any atom is -0.480 e. The number of fused-ring (bicyclic) bond motifs is 2. The number of piperidine rings is 1. The third-order valence-electron chi connectivity index (χ3n) is 8.50. The smallest absolute Gasteiger partial charge is 0.326 e. The van der Waals surface area contributed by atoms with Crippen molar-refractivity contribution in [1.29, 1.82) is 0 Å². The van der Waals surface area contributed by atoms with Crippen LogP contribution in [0.5, 0.6) is 0 Å². The summed E-state index contributed by atoms with van der Waals surface area (Å²) in [7, 11) is 0. The lowest BCUT2D eigenvalue weighted by molar-refractivity contribution is -0.155. The molecule has 0 unspecified atom stereocenters. The third kappa shape index (κ3) is 2.85. The van der Waals surface area contributed by atoms with Gasteiger partial charge in [0.15, 0.2) is 11.5 Å². The molecule has 11 heteroatoms. The van der Waals surface area contributed by atoms with Gasteiger partial charge in [0.05, 0.1) is 17.3 Å². The van der Waals surface area contributed by atoms with Crippen LogP contribution in [0.1, 0.15) is 42.2 Å². The molecule has 5 atom stereocenters. The highest BCUT2D eigenvalue weighted by Gasteiger charge is 2.91. The number of hydrogen-bond donors (Lipinski definition) is 2. The fourth-order valence-corrected chi connectivity index (χ4v) is 6.85. The minimum atomic E-state index is -2.12. The van der Waals surface area contributed by atoms with Crippen LogP contribution in [-0.4, -0.2) is 59.9 Å². The topological polar surface area (TPSA) is 148 Å². The maximum Gasteiger partial charge on any atom is 0.326 e. The molecule has 1 aliphatic heterocycles. The average Bonchev–Trinajstić information content (AvgIpc) is 3.66. The van der Waals surface area contributed by atoms with Gasteiger partial charge in [-0.05, 0) is 30.4 Å². The van der Waals surface area contributed by atoms with Gasteiger partial charge in [-0.3, -0.25) is 24.0 Å². The lowest BCUT2D eigenvalue weighted by Crippen LogP contribution is -2.57. The van der Waals surface area contributed by atoms with Crippen LogP contribution in [0.15, 0.2) is 48.8 Å². The number of hydrogen-bond acceptors (Lipinski definition) is 6. The van der Waals surface area contributed by atoms with Crippen LogP contribution >= 0.6 is 0 Å². The summed E-state index contributed by atoms with van der Waals surface area (Å²) in [5.41, 5.74) is 1.49. The van der Waals surface area contributed by atoms with Crippen LogP contribution < -0.4 is 5.73 Å². The Kier molecular flexibility index (Phi) is 4.67. The van der Waals surface area contributed by atoms with Crippen LogP contribution in [0.2, 0.25) is 0 Å². The van der Waals surface area contributed by atoms with Crippen molar-refractivity contribution in [3.8, 4) is 0 Å². The number of primary amides is 1. The van der Waals surface area contributed by atoms with Crippen molar-refractivity contribution in [2.75, 3.05) is 0 Å². The summed E-state index contributed by atoms with van der Waals surface area (Å²) in [4.78, 5) is 56.4. The first-order valence-corrected chi connectivity index (χ1v) is 12.0. The van der Waals surface area contributed by atoms with Crippen LogP contribution in [0.4, 0.5) is 4.39 Å². The molecule has 3 aliphatic rings.